The highest BCUT2D eigenvalue weighted by Gasteiger charge is 2.14. The van der Waals surface area contributed by atoms with E-state index in [2.05, 4.69) is 48.0 Å². The van der Waals surface area contributed by atoms with Gasteiger partial charge in [0.15, 0.2) is 5.16 Å². The van der Waals surface area contributed by atoms with Gasteiger partial charge in [0.25, 0.3) is 0 Å². The van der Waals surface area contributed by atoms with E-state index in [1.54, 1.807) is 11.8 Å². The fourth-order valence-corrected chi connectivity index (χ4v) is 2.43. The van der Waals surface area contributed by atoms with Gasteiger partial charge < -0.3 is 10.2 Å². The number of hydrogen-bond acceptors (Lipinski definition) is 5. The number of thioether (sulfide) groups is 1. The Balaban J connectivity index is 2.98. The van der Waals surface area contributed by atoms with Crippen LogP contribution in [0.5, 0.6) is 0 Å². The van der Waals surface area contributed by atoms with Crippen LogP contribution in [0.15, 0.2) is 11.2 Å². The van der Waals surface area contributed by atoms with Crippen molar-refractivity contribution in [1.82, 2.24) is 9.97 Å². The number of nitrogens with one attached hydrogen (secondary N) is 1. The van der Waals surface area contributed by atoms with Crippen molar-refractivity contribution in [1.29, 1.82) is 0 Å². The molecule has 19 heavy (non-hydrogen) atoms. The van der Waals surface area contributed by atoms with Crippen molar-refractivity contribution in [2.75, 3.05) is 30.1 Å². The first-order chi connectivity index (χ1) is 9.15. The molecule has 4 nitrogen and oxygen atoms in total. The van der Waals surface area contributed by atoms with Crippen molar-refractivity contribution >= 4 is 23.4 Å². The van der Waals surface area contributed by atoms with E-state index in [-0.39, 0.29) is 0 Å². The maximum Gasteiger partial charge on any atom is 0.191 e. The van der Waals surface area contributed by atoms with E-state index >= 15 is 0 Å². The first-order valence-electron chi connectivity index (χ1n) is 7.05. The second-order valence-corrected chi connectivity index (χ2v) is 5.38. The molecule has 1 N–H and O–H groups in total. The van der Waals surface area contributed by atoms with E-state index in [9.17, 15) is 0 Å². The topological polar surface area (TPSA) is 41.0 Å². The SMILES string of the molecule is CCCNc1cc(N(C)C(CC)CC)nc(SC)n1. The lowest BCUT2D eigenvalue weighted by Gasteiger charge is -2.27. The zero-order valence-electron chi connectivity index (χ0n) is 12.7. The van der Waals surface area contributed by atoms with Gasteiger partial charge in [0.1, 0.15) is 11.6 Å². The van der Waals surface area contributed by atoms with E-state index in [1.165, 1.54) is 0 Å². The minimum Gasteiger partial charge on any atom is -0.370 e. The minimum atomic E-state index is 0.531. The van der Waals surface area contributed by atoms with Crippen molar-refractivity contribution in [3.05, 3.63) is 6.07 Å². The number of anilines is 2. The number of nitrogens with zero attached hydrogens (tertiary/aromatic N) is 3. The van der Waals surface area contributed by atoms with E-state index in [4.69, 9.17) is 0 Å². The number of aromatic nitrogens is 2. The highest BCUT2D eigenvalue weighted by Crippen LogP contribution is 2.22. The van der Waals surface area contributed by atoms with E-state index in [0.29, 0.717) is 6.04 Å². The summed E-state index contributed by atoms with van der Waals surface area (Å²) in [6, 6.07) is 2.58. The van der Waals surface area contributed by atoms with Crippen LogP contribution >= 0.6 is 11.8 Å². The molecule has 1 aromatic rings. The Bertz CT molecular complexity index is 380. The summed E-state index contributed by atoms with van der Waals surface area (Å²) in [4.78, 5) is 11.4. The van der Waals surface area contributed by atoms with Crippen molar-refractivity contribution in [3.8, 4) is 0 Å². The predicted molar refractivity (Wildman–Crippen MR) is 85.4 cm³/mol. The third-order valence-corrected chi connectivity index (χ3v) is 3.83. The van der Waals surface area contributed by atoms with Crippen LogP contribution in [0.2, 0.25) is 0 Å². The Morgan fingerprint density at radius 1 is 1.26 bits per heavy atom. The molecule has 0 radical (unpaired) electrons. The summed E-state index contributed by atoms with van der Waals surface area (Å²) in [6.45, 7) is 7.54. The molecule has 5 heteroatoms. The average Bonchev–Trinajstić information content (AvgIpc) is 2.45. The molecule has 0 atom stereocenters. The molecule has 0 fully saturated rings. The van der Waals surface area contributed by atoms with Crippen LogP contribution in [0.4, 0.5) is 11.6 Å². The van der Waals surface area contributed by atoms with Gasteiger partial charge in [-0.15, -0.1) is 0 Å². The van der Waals surface area contributed by atoms with Crippen LogP contribution in [0.25, 0.3) is 0 Å². The molecule has 0 amide bonds. The van der Waals surface area contributed by atoms with Crippen LogP contribution in [0, 0.1) is 0 Å². The van der Waals surface area contributed by atoms with E-state index in [0.717, 1.165) is 42.6 Å². The molecule has 0 saturated carbocycles. The third kappa shape index (κ3) is 4.56. The van der Waals surface area contributed by atoms with Gasteiger partial charge in [-0.2, -0.15) is 0 Å². The molecule has 0 unspecified atom stereocenters. The minimum absolute atomic E-state index is 0.531. The van der Waals surface area contributed by atoms with Gasteiger partial charge in [-0.25, -0.2) is 9.97 Å². The van der Waals surface area contributed by atoms with Crippen molar-refractivity contribution in [2.45, 2.75) is 51.2 Å². The maximum atomic E-state index is 4.61. The van der Waals surface area contributed by atoms with Gasteiger partial charge >= 0.3 is 0 Å². The molecule has 108 valence electrons. The molecule has 0 bridgehead atoms. The van der Waals surface area contributed by atoms with Gasteiger partial charge in [-0.3, -0.25) is 0 Å². The lowest BCUT2D eigenvalue weighted by Crippen LogP contribution is -2.31. The highest BCUT2D eigenvalue weighted by atomic mass is 32.2. The number of hydrogen-bond donors (Lipinski definition) is 1. The van der Waals surface area contributed by atoms with Crippen molar-refractivity contribution < 1.29 is 0 Å². The molecule has 1 rings (SSSR count). The van der Waals surface area contributed by atoms with Gasteiger partial charge in [-0.05, 0) is 25.5 Å². The molecule has 0 aliphatic rings. The molecule has 0 aliphatic carbocycles. The second-order valence-electron chi connectivity index (χ2n) is 4.61. The van der Waals surface area contributed by atoms with Crippen LogP contribution in [0.1, 0.15) is 40.0 Å². The zero-order chi connectivity index (χ0) is 14.3. The van der Waals surface area contributed by atoms with E-state index < -0.39 is 0 Å². The van der Waals surface area contributed by atoms with Crippen LogP contribution in [-0.2, 0) is 0 Å². The molecule has 0 spiro atoms. The lowest BCUT2D eigenvalue weighted by atomic mass is 10.1. The van der Waals surface area contributed by atoms with Crippen LogP contribution < -0.4 is 10.2 Å². The summed E-state index contributed by atoms with van der Waals surface area (Å²) in [6.07, 6.45) is 5.36. The molecular weight excluding hydrogens is 256 g/mol. The smallest absolute Gasteiger partial charge is 0.191 e. The van der Waals surface area contributed by atoms with Gasteiger partial charge in [0.05, 0.1) is 0 Å². The highest BCUT2D eigenvalue weighted by molar-refractivity contribution is 7.98. The summed E-state index contributed by atoms with van der Waals surface area (Å²) in [5.74, 6) is 1.93. The first-order valence-corrected chi connectivity index (χ1v) is 8.28. The van der Waals surface area contributed by atoms with Crippen LogP contribution in [0.3, 0.4) is 0 Å². The molecule has 0 aromatic carbocycles. The first kappa shape index (κ1) is 16.1. The zero-order valence-corrected chi connectivity index (χ0v) is 13.5. The Morgan fingerprint density at radius 2 is 1.95 bits per heavy atom. The largest absolute Gasteiger partial charge is 0.370 e. The summed E-state index contributed by atoms with van der Waals surface area (Å²) in [7, 11) is 2.12. The Labute approximate surface area is 121 Å². The van der Waals surface area contributed by atoms with Gasteiger partial charge in [-0.1, -0.05) is 32.5 Å². The second kappa shape index (κ2) is 8.25. The molecular formula is C14H26N4S. The van der Waals surface area contributed by atoms with Gasteiger partial charge in [0.2, 0.25) is 0 Å². The summed E-state index contributed by atoms with van der Waals surface area (Å²) in [5, 5.41) is 4.18. The number of rotatable bonds is 8. The molecule has 1 heterocycles. The summed E-state index contributed by atoms with van der Waals surface area (Å²) >= 11 is 1.59. The summed E-state index contributed by atoms with van der Waals surface area (Å²) < 4.78 is 0. The summed E-state index contributed by atoms with van der Waals surface area (Å²) in [5.41, 5.74) is 0. The quantitative estimate of drug-likeness (QED) is 0.582. The standard InChI is InChI=1S/C14H26N4S/c1-6-9-15-12-10-13(17-14(16-12)19-5)18(4)11(7-2)8-3/h10-11H,6-9H2,1-5H3,(H,15,16,17). The fourth-order valence-electron chi connectivity index (χ4n) is 2.05. The Kier molecular flexibility index (Phi) is 6.99. The average molecular weight is 282 g/mol. The molecule has 1 aromatic heterocycles. The maximum absolute atomic E-state index is 4.61. The molecule has 0 aliphatic heterocycles. The van der Waals surface area contributed by atoms with Gasteiger partial charge in [0, 0.05) is 25.7 Å². The molecule has 0 saturated heterocycles. The monoisotopic (exact) mass is 282 g/mol. The van der Waals surface area contributed by atoms with Crippen molar-refractivity contribution in [2.24, 2.45) is 0 Å². The fraction of sp³-hybridized carbons (Fsp3) is 0.714. The predicted octanol–water partition coefficient (Wildman–Crippen LogP) is 3.65. The normalized spacial score (nSPS) is 10.8. The lowest BCUT2D eigenvalue weighted by molar-refractivity contribution is 0.584. The van der Waals surface area contributed by atoms with Crippen molar-refractivity contribution in [3.63, 3.8) is 0 Å². The van der Waals surface area contributed by atoms with Crippen LogP contribution in [-0.4, -0.2) is 35.9 Å². The Morgan fingerprint density at radius 3 is 2.47 bits per heavy atom. The Hall–Kier alpha value is -0.970. The van der Waals surface area contributed by atoms with E-state index in [1.807, 2.05) is 12.3 Å². The third-order valence-electron chi connectivity index (χ3n) is 3.28.